The van der Waals surface area contributed by atoms with Gasteiger partial charge in [0, 0.05) is 23.2 Å². The van der Waals surface area contributed by atoms with Crippen LogP contribution < -0.4 is 0 Å². The molecule has 0 saturated heterocycles. The molecule has 0 bridgehead atoms. The Morgan fingerprint density at radius 1 is 0.742 bits per heavy atom. The summed E-state index contributed by atoms with van der Waals surface area (Å²) in [6.07, 6.45) is 3.39. The number of hydrogen-bond donors (Lipinski definition) is 0. The Morgan fingerprint density at radius 3 is 1.81 bits per heavy atom. The zero-order valence-corrected chi connectivity index (χ0v) is 16.7. The minimum atomic E-state index is -0.426. The second-order valence-electron chi connectivity index (χ2n) is 6.84. The van der Waals surface area contributed by atoms with Gasteiger partial charge in [-0.3, -0.25) is 0 Å². The quantitative estimate of drug-likeness (QED) is 0.406. The van der Waals surface area contributed by atoms with E-state index in [4.69, 9.17) is 9.72 Å². The van der Waals surface area contributed by atoms with Crippen LogP contribution in [-0.4, -0.2) is 37.5 Å². The average molecular weight is 407 g/mol. The van der Waals surface area contributed by atoms with Crippen LogP contribution in [0.4, 0.5) is 0 Å². The third-order valence-electron chi connectivity index (χ3n) is 4.79. The van der Waals surface area contributed by atoms with E-state index in [-0.39, 0.29) is 6.61 Å². The van der Waals surface area contributed by atoms with Crippen molar-refractivity contribution >= 4 is 28.0 Å². The topological polar surface area (TPSA) is 90.8 Å². The molecule has 0 aliphatic rings. The second kappa shape index (κ2) is 7.87. The van der Waals surface area contributed by atoms with Crippen molar-refractivity contribution in [1.82, 2.24) is 24.9 Å². The fourth-order valence-electron chi connectivity index (χ4n) is 3.32. The van der Waals surface area contributed by atoms with E-state index in [1.807, 2.05) is 48.5 Å². The molecule has 7 heteroatoms. The Labute approximate surface area is 177 Å². The predicted octanol–water partition coefficient (Wildman–Crippen LogP) is 4.48. The average Bonchev–Trinajstić information content (AvgIpc) is 2.83. The van der Waals surface area contributed by atoms with Crippen LogP contribution in [0.2, 0.25) is 0 Å². The Kier molecular flexibility index (Phi) is 4.76. The van der Waals surface area contributed by atoms with Gasteiger partial charge in [0.2, 0.25) is 0 Å². The number of esters is 1. The standard InChI is InChI=1S/C24H17N5O2/c1-2-31-24(30)17-13-20(18-9-7-15-5-3-11-25-22(15)28-18)27-21(14-17)19-10-8-16-6-4-12-26-23(16)29-19/h3-14H,2H2,1H3. The summed E-state index contributed by atoms with van der Waals surface area (Å²) in [4.78, 5) is 35.1. The van der Waals surface area contributed by atoms with Gasteiger partial charge in [-0.05, 0) is 67.6 Å². The number of rotatable bonds is 4. The lowest BCUT2D eigenvalue weighted by atomic mass is 10.1. The Morgan fingerprint density at radius 2 is 1.29 bits per heavy atom. The molecular weight excluding hydrogens is 390 g/mol. The van der Waals surface area contributed by atoms with Gasteiger partial charge in [0.05, 0.1) is 34.9 Å². The zero-order chi connectivity index (χ0) is 21.2. The molecule has 0 N–H and O–H groups in total. The molecular formula is C24H17N5O2. The van der Waals surface area contributed by atoms with Crippen LogP contribution in [0.25, 0.3) is 44.8 Å². The Balaban J connectivity index is 1.68. The Bertz CT molecular complexity index is 1340. The van der Waals surface area contributed by atoms with E-state index in [2.05, 4.69) is 19.9 Å². The van der Waals surface area contributed by atoms with Crippen LogP contribution in [0, 0.1) is 0 Å². The van der Waals surface area contributed by atoms with Gasteiger partial charge < -0.3 is 4.74 Å². The Hall–Kier alpha value is -4.26. The number of carbonyl (C=O) groups is 1. The summed E-state index contributed by atoms with van der Waals surface area (Å²) in [7, 11) is 0. The molecule has 0 atom stereocenters. The highest BCUT2D eigenvalue weighted by molar-refractivity contribution is 5.92. The van der Waals surface area contributed by atoms with Crippen LogP contribution in [0.3, 0.4) is 0 Å². The highest BCUT2D eigenvalue weighted by Gasteiger charge is 2.15. The predicted molar refractivity (Wildman–Crippen MR) is 117 cm³/mol. The van der Waals surface area contributed by atoms with Crippen molar-refractivity contribution in [3.8, 4) is 22.8 Å². The molecule has 0 saturated carbocycles. The zero-order valence-electron chi connectivity index (χ0n) is 16.7. The minimum absolute atomic E-state index is 0.280. The van der Waals surface area contributed by atoms with Gasteiger partial charge in [0.1, 0.15) is 0 Å². The summed E-state index contributed by atoms with van der Waals surface area (Å²) in [5, 5.41) is 1.85. The lowest BCUT2D eigenvalue weighted by Gasteiger charge is -2.09. The maximum Gasteiger partial charge on any atom is 0.338 e. The van der Waals surface area contributed by atoms with Gasteiger partial charge >= 0.3 is 5.97 Å². The molecule has 5 aromatic rings. The normalized spacial score (nSPS) is 11.0. The van der Waals surface area contributed by atoms with E-state index in [1.54, 1.807) is 31.5 Å². The van der Waals surface area contributed by atoms with Gasteiger partial charge in [-0.2, -0.15) is 0 Å². The molecule has 0 aliphatic heterocycles. The molecule has 150 valence electrons. The third kappa shape index (κ3) is 3.69. The lowest BCUT2D eigenvalue weighted by Crippen LogP contribution is -2.06. The summed E-state index contributed by atoms with van der Waals surface area (Å²) < 4.78 is 5.22. The molecule has 0 spiro atoms. The molecule has 0 unspecified atom stereocenters. The van der Waals surface area contributed by atoms with Crippen molar-refractivity contribution in [2.24, 2.45) is 0 Å². The first-order valence-electron chi connectivity index (χ1n) is 9.85. The van der Waals surface area contributed by atoms with Crippen molar-refractivity contribution in [2.75, 3.05) is 6.61 Å². The second-order valence-corrected chi connectivity index (χ2v) is 6.84. The lowest BCUT2D eigenvalue weighted by molar-refractivity contribution is 0.0526. The van der Waals surface area contributed by atoms with E-state index >= 15 is 0 Å². The van der Waals surface area contributed by atoms with Crippen molar-refractivity contribution < 1.29 is 9.53 Å². The van der Waals surface area contributed by atoms with Crippen molar-refractivity contribution in [3.05, 3.63) is 78.6 Å². The third-order valence-corrected chi connectivity index (χ3v) is 4.79. The highest BCUT2D eigenvalue weighted by Crippen LogP contribution is 2.25. The van der Waals surface area contributed by atoms with E-state index in [1.165, 1.54) is 0 Å². The molecule has 0 radical (unpaired) electrons. The van der Waals surface area contributed by atoms with Crippen LogP contribution in [0.5, 0.6) is 0 Å². The number of fused-ring (bicyclic) bond motifs is 2. The van der Waals surface area contributed by atoms with E-state index in [0.717, 1.165) is 10.8 Å². The summed E-state index contributed by atoms with van der Waals surface area (Å²) in [6.45, 7) is 2.05. The van der Waals surface area contributed by atoms with E-state index < -0.39 is 5.97 Å². The molecule has 5 rings (SSSR count). The molecule has 7 nitrogen and oxygen atoms in total. The first-order chi connectivity index (χ1) is 15.2. The SMILES string of the molecule is CCOC(=O)c1cc(-c2ccc3cccnc3n2)nc(-c2ccc3cccnc3n2)c1. The van der Waals surface area contributed by atoms with Gasteiger partial charge in [-0.1, -0.05) is 0 Å². The van der Waals surface area contributed by atoms with Crippen LogP contribution >= 0.6 is 0 Å². The maximum absolute atomic E-state index is 12.5. The van der Waals surface area contributed by atoms with Gasteiger partial charge in [0.15, 0.2) is 11.3 Å². The van der Waals surface area contributed by atoms with Crippen LogP contribution in [0.1, 0.15) is 17.3 Å². The minimum Gasteiger partial charge on any atom is -0.462 e. The van der Waals surface area contributed by atoms with Crippen molar-refractivity contribution in [1.29, 1.82) is 0 Å². The fourth-order valence-corrected chi connectivity index (χ4v) is 3.32. The molecule has 0 amide bonds. The molecule has 5 heterocycles. The number of pyridine rings is 5. The van der Waals surface area contributed by atoms with Crippen LogP contribution in [0.15, 0.2) is 73.1 Å². The number of nitrogens with zero attached hydrogens (tertiary/aromatic N) is 5. The molecule has 0 aliphatic carbocycles. The summed E-state index contributed by atoms with van der Waals surface area (Å²) in [5.74, 6) is -0.426. The monoisotopic (exact) mass is 407 g/mol. The summed E-state index contributed by atoms with van der Waals surface area (Å²) in [6, 6.07) is 18.6. The van der Waals surface area contributed by atoms with E-state index in [0.29, 0.717) is 39.6 Å². The summed E-state index contributed by atoms with van der Waals surface area (Å²) >= 11 is 0. The number of carbonyl (C=O) groups excluding carboxylic acids is 1. The van der Waals surface area contributed by atoms with Gasteiger partial charge in [0.25, 0.3) is 0 Å². The maximum atomic E-state index is 12.5. The molecule has 0 fully saturated rings. The first kappa shape index (κ1) is 18.7. The molecule has 5 aromatic heterocycles. The first-order valence-corrected chi connectivity index (χ1v) is 9.85. The van der Waals surface area contributed by atoms with Gasteiger partial charge in [-0.15, -0.1) is 0 Å². The van der Waals surface area contributed by atoms with Crippen molar-refractivity contribution in [2.45, 2.75) is 6.92 Å². The number of aromatic nitrogens is 5. The number of hydrogen-bond acceptors (Lipinski definition) is 7. The fraction of sp³-hybridized carbons (Fsp3) is 0.0833. The van der Waals surface area contributed by atoms with E-state index in [9.17, 15) is 4.79 Å². The smallest absolute Gasteiger partial charge is 0.338 e. The number of ether oxygens (including phenoxy) is 1. The largest absolute Gasteiger partial charge is 0.462 e. The molecule has 31 heavy (non-hydrogen) atoms. The molecule has 0 aromatic carbocycles. The van der Waals surface area contributed by atoms with Gasteiger partial charge in [-0.25, -0.2) is 29.7 Å². The van der Waals surface area contributed by atoms with Crippen molar-refractivity contribution in [3.63, 3.8) is 0 Å². The highest BCUT2D eigenvalue weighted by atomic mass is 16.5. The summed E-state index contributed by atoms with van der Waals surface area (Å²) in [5.41, 5.74) is 3.89. The van der Waals surface area contributed by atoms with Crippen LogP contribution in [-0.2, 0) is 4.74 Å².